The number of carbonyl (C=O) groups is 3. The molecule has 2 aromatic carbocycles. The molecule has 3 aromatic rings. The Morgan fingerprint density at radius 2 is 1.76 bits per heavy atom. The third-order valence-electron chi connectivity index (χ3n) is 5.60. The number of hydrogen-bond acceptors (Lipinski definition) is 7. The second kappa shape index (κ2) is 10.9. The largest absolute Gasteiger partial charge is 1.00 e. The van der Waals surface area contributed by atoms with Gasteiger partial charge in [0.15, 0.2) is 10.3 Å². The van der Waals surface area contributed by atoms with Crippen LogP contribution in [-0.2, 0) is 26.1 Å². The normalized spacial score (nSPS) is 16.3. The summed E-state index contributed by atoms with van der Waals surface area (Å²) in [4.78, 5) is 53.1. The monoisotopic (exact) mass is 560 g/mol. The minimum Gasteiger partial charge on any atom is -0.731 e. The van der Waals surface area contributed by atoms with Crippen LogP contribution >= 0.6 is 0 Å². The Hall–Kier alpha value is -3.24. The van der Waals surface area contributed by atoms with Crippen molar-refractivity contribution in [3.8, 4) is 0 Å². The van der Waals surface area contributed by atoms with E-state index in [1.807, 2.05) is 0 Å². The molecule has 194 valence electrons. The number of alkyl halides is 3. The van der Waals surface area contributed by atoms with Crippen molar-refractivity contribution in [2.45, 2.75) is 18.3 Å². The average Bonchev–Trinajstić information content (AvgIpc) is 2.83. The summed E-state index contributed by atoms with van der Waals surface area (Å²) in [5.41, 5.74) is -2.31. The minimum atomic E-state index is -5.03. The molecule has 0 saturated carbocycles. The molecule has 1 aliphatic heterocycles. The fraction of sp³-hybridized carbons (Fsp3) is 0.182. The number of aromatic amines is 1. The van der Waals surface area contributed by atoms with Gasteiger partial charge in [-0.1, -0.05) is 30.3 Å². The molecule has 0 bridgehead atoms. The summed E-state index contributed by atoms with van der Waals surface area (Å²) < 4.78 is 71.9. The van der Waals surface area contributed by atoms with Crippen LogP contribution in [0.3, 0.4) is 0 Å². The zero-order valence-corrected chi connectivity index (χ0v) is 22.2. The molecule has 2 unspecified atom stereocenters. The van der Waals surface area contributed by atoms with Gasteiger partial charge in [-0.15, -0.1) is 0 Å². The zero-order valence-electron chi connectivity index (χ0n) is 19.4. The van der Waals surface area contributed by atoms with Gasteiger partial charge < -0.3 is 20.2 Å². The van der Waals surface area contributed by atoms with Gasteiger partial charge in [0.2, 0.25) is 11.3 Å². The summed E-state index contributed by atoms with van der Waals surface area (Å²) in [6, 6.07) is 7.19. The number of rotatable bonds is 6. The van der Waals surface area contributed by atoms with Crippen molar-refractivity contribution in [3.63, 3.8) is 0 Å². The molecule has 4 rings (SSSR count). The van der Waals surface area contributed by atoms with E-state index in [1.54, 1.807) is 18.2 Å². The Morgan fingerprint density at radius 1 is 1.11 bits per heavy atom. The predicted molar refractivity (Wildman–Crippen MR) is 120 cm³/mol. The first-order valence-electron chi connectivity index (χ1n) is 10.4. The Labute approximate surface area is 234 Å². The zero-order chi connectivity index (χ0) is 27.1. The van der Waals surface area contributed by atoms with Crippen LogP contribution in [0.5, 0.6) is 0 Å². The van der Waals surface area contributed by atoms with Crippen molar-refractivity contribution in [1.29, 1.82) is 0 Å². The number of amides is 3. The number of carbonyl (C=O) groups excluding carboxylic acids is 3. The average molecular weight is 560 g/mol. The molecule has 38 heavy (non-hydrogen) atoms. The number of benzene rings is 2. The molecule has 0 spiro atoms. The third kappa shape index (κ3) is 5.91. The van der Waals surface area contributed by atoms with Gasteiger partial charge >= 0.3 is 35.7 Å². The molecule has 1 aliphatic rings. The van der Waals surface area contributed by atoms with Gasteiger partial charge in [0.25, 0.3) is 11.8 Å². The first-order valence-corrected chi connectivity index (χ1v) is 11.8. The minimum absolute atomic E-state index is 0. The second-order valence-corrected chi connectivity index (χ2v) is 9.29. The fourth-order valence-corrected chi connectivity index (χ4v) is 4.36. The molecule has 1 aromatic heterocycles. The summed E-state index contributed by atoms with van der Waals surface area (Å²) in [6.45, 7) is -0.587. The Morgan fingerprint density at radius 3 is 2.34 bits per heavy atom. The number of nitrogens with one attached hydrogen (secondary N) is 3. The number of aromatic nitrogens is 1. The second-order valence-electron chi connectivity index (χ2n) is 7.99. The van der Waals surface area contributed by atoms with Crippen molar-refractivity contribution >= 4 is 38.9 Å². The van der Waals surface area contributed by atoms with Gasteiger partial charge in [0.1, 0.15) is 17.6 Å². The summed E-state index contributed by atoms with van der Waals surface area (Å²) in [5.74, 6) is -3.13. The van der Waals surface area contributed by atoms with E-state index in [9.17, 15) is 45.3 Å². The van der Waals surface area contributed by atoms with E-state index >= 15 is 0 Å². The molecule has 11 nitrogen and oxygen atoms in total. The van der Waals surface area contributed by atoms with Crippen LogP contribution in [0.4, 0.5) is 13.2 Å². The number of H-pyrrole nitrogens is 1. The quantitative estimate of drug-likeness (QED) is 0.175. The van der Waals surface area contributed by atoms with Crippen LogP contribution in [-0.4, -0.2) is 52.6 Å². The SMILES string of the molecule is O=C(NC(C(=O)NC1CN(S(=O)(=O)[O-])C1=O)c1ccccc1)c1c[nH]c2cc(C(F)(F)F)ccc2c1=O.[Na+]. The van der Waals surface area contributed by atoms with E-state index < -0.39 is 69.4 Å². The molecule has 1 fully saturated rings. The van der Waals surface area contributed by atoms with Gasteiger partial charge in [0, 0.05) is 17.1 Å². The molecule has 0 radical (unpaired) electrons. The van der Waals surface area contributed by atoms with Gasteiger partial charge in [-0.05, 0) is 23.8 Å². The number of pyridine rings is 1. The summed E-state index contributed by atoms with van der Waals surface area (Å²) in [7, 11) is -5.03. The predicted octanol–water partition coefficient (Wildman–Crippen LogP) is -2.19. The standard InChI is InChI=1S/C22H17F3N4O7S.Na/c23-22(24,25)12-6-7-13-15(8-12)26-9-14(18(13)30)19(31)28-17(11-4-2-1-3-5-11)20(32)27-16-10-29(21(16)33)37(34,35)36;/h1-9,16-17H,10H2,(H,26,30)(H,27,32)(H,28,31)(H,34,35,36);/q;+1/p-1. The maximum atomic E-state index is 13.0. The first kappa shape index (κ1) is 29.3. The van der Waals surface area contributed by atoms with Crippen molar-refractivity contribution in [1.82, 2.24) is 19.9 Å². The Kier molecular flexibility index (Phi) is 8.38. The molecular formula is C22H16F3N4NaO7S. The molecule has 16 heteroatoms. The number of hydrogen-bond donors (Lipinski definition) is 3. The van der Waals surface area contributed by atoms with E-state index in [-0.39, 0.29) is 50.3 Å². The molecule has 2 heterocycles. The smallest absolute Gasteiger partial charge is 0.731 e. The van der Waals surface area contributed by atoms with Crippen LogP contribution in [0.25, 0.3) is 10.9 Å². The van der Waals surface area contributed by atoms with Crippen LogP contribution in [0.1, 0.15) is 27.5 Å². The Balaban J connectivity index is 0.00000400. The summed E-state index contributed by atoms with van der Waals surface area (Å²) in [5, 5.41) is 4.40. The number of nitrogens with zero attached hydrogens (tertiary/aromatic N) is 1. The van der Waals surface area contributed by atoms with E-state index in [0.717, 1.165) is 18.3 Å². The Bertz CT molecular complexity index is 1580. The van der Waals surface area contributed by atoms with Gasteiger partial charge in [-0.2, -0.15) is 13.2 Å². The summed E-state index contributed by atoms with van der Waals surface area (Å²) in [6.07, 6.45) is -3.74. The van der Waals surface area contributed by atoms with E-state index in [0.29, 0.717) is 6.07 Å². The van der Waals surface area contributed by atoms with Crippen molar-refractivity contribution < 1.29 is 70.1 Å². The molecule has 1 saturated heterocycles. The van der Waals surface area contributed by atoms with Crippen molar-refractivity contribution in [2.24, 2.45) is 0 Å². The van der Waals surface area contributed by atoms with Crippen LogP contribution in [0.15, 0.2) is 59.5 Å². The van der Waals surface area contributed by atoms with Gasteiger partial charge in [-0.25, -0.2) is 12.7 Å². The van der Waals surface area contributed by atoms with Crippen molar-refractivity contribution in [3.05, 3.63) is 81.6 Å². The van der Waals surface area contributed by atoms with Crippen LogP contribution in [0.2, 0.25) is 0 Å². The molecule has 3 amide bonds. The summed E-state index contributed by atoms with van der Waals surface area (Å²) >= 11 is 0. The molecular weight excluding hydrogens is 544 g/mol. The molecule has 3 N–H and O–H groups in total. The van der Waals surface area contributed by atoms with Gasteiger partial charge in [0.05, 0.1) is 12.1 Å². The number of β-lactam (4-membered cyclic amide) rings is 1. The van der Waals surface area contributed by atoms with Crippen molar-refractivity contribution in [2.75, 3.05) is 6.54 Å². The molecule has 0 aliphatic carbocycles. The van der Waals surface area contributed by atoms with E-state index in [4.69, 9.17) is 0 Å². The first-order chi connectivity index (χ1) is 17.3. The topological polar surface area (TPSA) is 169 Å². The number of fused-ring (bicyclic) bond motifs is 1. The van der Waals surface area contributed by atoms with Crippen LogP contribution in [0, 0.1) is 0 Å². The maximum Gasteiger partial charge on any atom is 1.00 e. The fourth-order valence-electron chi connectivity index (χ4n) is 3.68. The van der Waals surface area contributed by atoms with Gasteiger partial charge in [-0.3, -0.25) is 19.2 Å². The maximum absolute atomic E-state index is 13.0. The van der Waals surface area contributed by atoms with Crippen LogP contribution < -0.4 is 45.6 Å². The van der Waals surface area contributed by atoms with E-state index in [1.165, 1.54) is 12.1 Å². The third-order valence-corrected chi connectivity index (χ3v) is 6.47. The van der Waals surface area contributed by atoms with E-state index in [2.05, 4.69) is 15.6 Å². The molecule has 2 atom stereocenters. The number of halogens is 3.